The number of nitrogens with one attached hydrogen (secondary N) is 1. The minimum Gasteiger partial charge on any atom is -0.388 e. The SMILES string of the molecule is CC(=O)NC1C(O)C(O)C(O)C2OC12. The molecule has 0 aromatic heterocycles. The van der Waals surface area contributed by atoms with Crippen LogP contribution >= 0.6 is 0 Å². The van der Waals surface area contributed by atoms with E-state index in [0.29, 0.717) is 0 Å². The van der Waals surface area contributed by atoms with E-state index in [4.69, 9.17) is 4.74 Å². The van der Waals surface area contributed by atoms with Gasteiger partial charge in [-0.15, -0.1) is 0 Å². The summed E-state index contributed by atoms with van der Waals surface area (Å²) >= 11 is 0. The van der Waals surface area contributed by atoms with Crippen LogP contribution in [0.15, 0.2) is 0 Å². The molecule has 0 aromatic carbocycles. The molecule has 2 fully saturated rings. The van der Waals surface area contributed by atoms with Crippen molar-refractivity contribution < 1.29 is 24.9 Å². The number of carbonyl (C=O) groups is 1. The lowest BCUT2D eigenvalue weighted by Crippen LogP contribution is -2.59. The molecule has 1 saturated heterocycles. The number of hydrogen-bond acceptors (Lipinski definition) is 5. The van der Waals surface area contributed by atoms with Crippen molar-refractivity contribution in [1.29, 1.82) is 0 Å². The van der Waals surface area contributed by atoms with Crippen LogP contribution in [0.5, 0.6) is 0 Å². The molecule has 0 aromatic rings. The number of hydrogen-bond donors (Lipinski definition) is 4. The lowest BCUT2D eigenvalue weighted by Gasteiger charge is -2.32. The summed E-state index contributed by atoms with van der Waals surface area (Å²) in [6, 6.07) is -0.629. The molecule has 6 heteroatoms. The zero-order chi connectivity index (χ0) is 10.5. The minimum atomic E-state index is -1.27. The van der Waals surface area contributed by atoms with Gasteiger partial charge in [-0.05, 0) is 0 Å². The molecule has 1 heterocycles. The average Bonchev–Trinajstić information content (AvgIpc) is 2.88. The van der Waals surface area contributed by atoms with E-state index in [1.165, 1.54) is 6.92 Å². The van der Waals surface area contributed by atoms with Crippen LogP contribution in [0, 0.1) is 0 Å². The maximum Gasteiger partial charge on any atom is 0.217 e. The predicted molar refractivity (Wildman–Crippen MR) is 44.3 cm³/mol. The fourth-order valence-corrected chi connectivity index (χ4v) is 1.91. The highest BCUT2D eigenvalue weighted by Gasteiger charge is 2.60. The molecule has 1 amide bonds. The van der Waals surface area contributed by atoms with E-state index in [1.54, 1.807) is 0 Å². The molecule has 6 unspecified atom stereocenters. The average molecular weight is 203 g/mol. The maximum absolute atomic E-state index is 10.8. The van der Waals surface area contributed by atoms with Gasteiger partial charge in [0.15, 0.2) is 0 Å². The Morgan fingerprint density at radius 3 is 2.36 bits per heavy atom. The highest BCUT2D eigenvalue weighted by atomic mass is 16.6. The normalized spacial score (nSPS) is 50.9. The van der Waals surface area contributed by atoms with Gasteiger partial charge in [-0.3, -0.25) is 4.79 Å². The summed E-state index contributed by atoms with van der Waals surface area (Å²) in [4.78, 5) is 10.8. The molecule has 6 atom stereocenters. The van der Waals surface area contributed by atoms with Gasteiger partial charge in [0.1, 0.15) is 30.5 Å². The van der Waals surface area contributed by atoms with Gasteiger partial charge in [-0.25, -0.2) is 0 Å². The predicted octanol–water partition coefficient (Wildman–Crippen LogP) is -2.65. The van der Waals surface area contributed by atoms with Crippen LogP contribution in [0.2, 0.25) is 0 Å². The van der Waals surface area contributed by atoms with E-state index in [-0.39, 0.29) is 12.0 Å². The first-order valence-electron chi connectivity index (χ1n) is 4.49. The van der Waals surface area contributed by atoms with Gasteiger partial charge in [0, 0.05) is 6.92 Å². The summed E-state index contributed by atoms with van der Waals surface area (Å²) in [7, 11) is 0. The summed E-state index contributed by atoms with van der Waals surface area (Å²) in [6.45, 7) is 1.32. The monoisotopic (exact) mass is 203 g/mol. The topological polar surface area (TPSA) is 102 Å². The number of fused-ring (bicyclic) bond motifs is 1. The Hall–Kier alpha value is -0.690. The quantitative estimate of drug-likeness (QED) is 0.349. The lowest BCUT2D eigenvalue weighted by atomic mass is 9.88. The van der Waals surface area contributed by atoms with E-state index >= 15 is 0 Å². The molecule has 2 rings (SSSR count). The molecule has 80 valence electrons. The third kappa shape index (κ3) is 1.40. The van der Waals surface area contributed by atoms with Crippen LogP contribution in [0.1, 0.15) is 6.92 Å². The largest absolute Gasteiger partial charge is 0.388 e. The smallest absolute Gasteiger partial charge is 0.217 e. The molecule has 0 bridgehead atoms. The van der Waals surface area contributed by atoms with Crippen molar-refractivity contribution >= 4 is 5.91 Å². The molecular weight excluding hydrogens is 190 g/mol. The Kier molecular flexibility index (Phi) is 2.23. The first-order valence-corrected chi connectivity index (χ1v) is 4.49. The fourth-order valence-electron chi connectivity index (χ4n) is 1.91. The van der Waals surface area contributed by atoms with Crippen molar-refractivity contribution in [2.75, 3.05) is 0 Å². The van der Waals surface area contributed by atoms with Crippen LogP contribution < -0.4 is 5.32 Å². The molecule has 4 N–H and O–H groups in total. The number of rotatable bonds is 1. The highest BCUT2D eigenvalue weighted by Crippen LogP contribution is 2.37. The van der Waals surface area contributed by atoms with Crippen LogP contribution in [-0.2, 0) is 9.53 Å². The van der Waals surface area contributed by atoms with E-state index < -0.39 is 30.5 Å². The number of aliphatic hydroxyl groups is 3. The van der Waals surface area contributed by atoms with Gasteiger partial charge in [0.05, 0.1) is 6.04 Å². The third-order valence-corrected chi connectivity index (χ3v) is 2.69. The first kappa shape index (κ1) is 9.85. The highest BCUT2D eigenvalue weighted by molar-refractivity contribution is 5.73. The Bertz CT molecular complexity index is 258. The van der Waals surface area contributed by atoms with Crippen molar-refractivity contribution in [2.24, 2.45) is 0 Å². The molecule has 0 spiro atoms. The molecule has 1 saturated carbocycles. The molecule has 1 aliphatic carbocycles. The number of amides is 1. The van der Waals surface area contributed by atoms with E-state index in [9.17, 15) is 20.1 Å². The summed E-state index contributed by atoms with van der Waals surface area (Å²) in [5, 5.41) is 30.8. The minimum absolute atomic E-state index is 0.299. The van der Waals surface area contributed by atoms with Gasteiger partial charge < -0.3 is 25.4 Å². The van der Waals surface area contributed by atoms with Gasteiger partial charge in [-0.2, -0.15) is 0 Å². The number of aliphatic hydroxyl groups excluding tert-OH is 3. The second kappa shape index (κ2) is 3.16. The number of ether oxygens (including phenoxy) is 1. The zero-order valence-electron chi connectivity index (χ0n) is 7.62. The van der Waals surface area contributed by atoms with Crippen LogP contribution in [-0.4, -0.2) is 57.8 Å². The molecule has 2 aliphatic rings. The molecule has 1 aliphatic heterocycles. The van der Waals surface area contributed by atoms with Crippen molar-refractivity contribution in [3.05, 3.63) is 0 Å². The van der Waals surface area contributed by atoms with Gasteiger partial charge in [-0.1, -0.05) is 0 Å². The Balaban J connectivity index is 2.08. The maximum atomic E-state index is 10.8. The van der Waals surface area contributed by atoms with Crippen molar-refractivity contribution in [3.63, 3.8) is 0 Å². The standard InChI is InChI=1S/C8H13NO5/c1-2(10)9-3-4(11)5(12)6(13)8-7(3)14-8/h3-8,11-13H,1H3,(H,9,10). The second-order valence-electron chi connectivity index (χ2n) is 3.76. The molecule has 0 radical (unpaired) electrons. The van der Waals surface area contributed by atoms with Crippen LogP contribution in [0.3, 0.4) is 0 Å². The summed E-state index contributed by atoms with van der Waals surface area (Å²) in [6.07, 6.45) is -4.37. The van der Waals surface area contributed by atoms with Gasteiger partial charge in [0.2, 0.25) is 5.91 Å². The Labute approximate surface area is 80.5 Å². The first-order chi connectivity index (χ1) is 6.52. The third-order valence-electron chi connectivity index (χ3n) is 2.69. The van der Waals surface area contributed by atoms with Crippen LogP contribution in [0.25, 0.3) is 0 Å². The van der Waals surface area contributed by atoms with Crippen molar-refractivity contribution in [3.8, 4) is 0 Å². The summed E-state index contributed by atoms with van der Waals surface area (Å²) < 4.78 is 5.06. The fraction of sp³-hybridized carbons (Fsp3) is 0.875. The zero-order valence-corrected chi connectivity index (χ0v) is 7.62. The lowest BCUT2D eigenvalue weighted by molar-refractivity contribution is -0.124. The summed E-state index contributed by atoms with van der Waals surface area (Å²) in [5.74, 6) is -0.299. The Morgan fingerprint density at radius 1 is 1.14 bits per heavy atom. The van der Waals surface area contributed by atoms with Crippen LogP contribution in [0.4, 0.5) is 0 Å². The van der Waals surface area contributed by atoms with Gasteiger partial charge >= 0.3 is 0 Å². The number of epoxide rings is 1. The number of carbonyl (C=O) groups excluding carboxylic acids is 1. The molecular formula is C8H13NO5. The van der Waals surface area contributed by atoms with E-state index in [1.807, 2.05) is 0 Å². The molecule has 14 heavy (non-hydrogen) atoms. The van der Waals surface area contributed by atoms with Crippen molar-refractivity contribution in [2.45, 2.75) is 43.5 Å². The summed E-state index contributed by atoms with van der Waals surface area (Å²) in [5.41, 5.74) is 0. The van der Waals surface area contributed by atoms with Crippen molar-refractivity contribution in [1.82, 2.24) is 5.32 Å². The van der Waals surface area contributed by atoms with Gasteiger partial charge in [0.25, 0.3) is 0 Å². The Morgan fingerprint density at radius 2 is 1.79 bits per heavy atom. The molecule has 6 nitrogen and oxygen atoms in total. The second-order valence-corrected chi connectivity index (χ2v) is 3.76. The van der Waals surface area contributed by atoms with E-state index in [2.05, 4.69) is 5.32 Å². The van der Waals surface area contributed by atoms with E-state index in [0.717, 1.165) is 0 Å².